The lowest BCUT2D eigenvalue weighted by Crippen LogP contribution is -2.45. The molecule has 0 aromatic rings. The third-order valence-electron chi connectivity index (χ3n) is 2.22. The van der Waals surface area contributed by atoms with Gasteiger partial charge in [0.25, 0.3) is 0 Å². The average molecular weight is 242 g/mol. The monoisotopic (exact) mass is 242 g/mol. The van der Waals surface area contributed by atoms with E-state index >= 15 is 0 Å². The standard InChI is InChI=1S/C11H18N2O2S/c1-11(2,3)15-10(14)13-9-4-5-16-7-8(9)6-12/h8-9H,4-5,7H2,1-3H3,(H,13,14). The van der Waals surface area contributed by atoms with Crippen molar-refractivity contribution < 1.29 is 9.53 Å². The van der Waals surface area contributed by atoms with E-state index in [-0.39, 0.29) is 12.0 Å². The molecule has 0 aromatic heterocycles. The zero-order chi connectivity index (χ0) is 12.2. The fourth-order valence-corrected chi connectivity index (χ4v) is 2.64. The molecule has 1 heterocycles. The molecule has 1 amide bonds. The molecule has 4 nitrogen and oxygen atoms in total. The van der Waals surface area contributed by atoms with E-state index in [0.29, 0.717) is 0 Å². The van der Waals surface area contributed by atoms with Crippen molar-refractivity contribution in [2.45, 2.75) is 38.8 Å². The Kier molecular flexibility index (Phi) is 4.48. The number of alkyl carbamates (subject to hydrolysis) is 1. The minimum absolute atomic E-state index is 0.0684. The van der Waals surface area contributed by atoms with Gasteiger partial charge in [0, 0.05) is 11.8 Å². The summed E-state index contributed by atoms with van der Waals surface area (Å²) in [6, 6.07) is 2.16. The summed E-state index contributed by atoms with van der Waals surface area (Å²) in [7, 11) is 0. The molecule has 90 valence electrons. The Morgan fingerprint density at radius 2 is 2.25 bits per heavy atom. The number of hydrogen-bond acceptors (Lipinski definition) is 4. The van der Waals surface area contributed by atoms with Gasteiger partial charge in [-0.05, 0) is 32.9 Å². The summed E-state index contributed by atoms with van der Waals surface area (Å²) in [4.78, 5) is 11.5. The van der Waals surface area contributed by atoms with Crippen LogP contribution < -0.4 is 5.32 Å². The van der Waals surface area contributed by atoms with E-state index in [4.69, 9.17) is 10.00 Å². The van der Waals surface area contributed by atoms with Crippen LogP contribution in [0.25, 0.3) is 0 Å². The molecular formula is C11H18N2O2S. The van der Waals surface area contributed by atoms with Gasteiger partial charge in [-0.15, -0.1) is 0 Å². The van der Waals surface area contributed by atoms with E-state index in [0.717, 1.165) is 17.9 Å². The van der Waals surface area contributed by atoms with Crippen LogP contribution >= 0.6 is 11.8 Å². The van der Waals surface area contributed by atoms with Crippen molar-refractivity contribution in [3.05, 3.63) is 0 Å². The summed E-state index contributed by atoms with van der Waals surface area (Å²) in [5, 5.41) is 11.7. The maximum absolute atomic E-state index is 11.5. The van der Waals surface area contributed by atoms with Crippen LogP contribution in [-0.2, 0) is 4.74 Å². The lowest BCUT2D eigenvalue weighted by atomic mass is 10.0. The second-order valence-corrected chi connectivity index (χ2v) is 6.00. The van der Waals surface area contributed by atoms with Crippen LogP contribution in [0.15, 0.2) is 0 Å². The summed E-state index contributed by atoms with van der Waals surface area (Å²) in [5.74, 6) is 1.67. The van der Waals surface area contributed by atoms with Gasteiger partial charge in [0.2, 0.25) is 0 Å². The lowest BCUT2D eigenvalue weighted by Gasteiger charge is -2.28. The van der Waals surface area contributed by atoms with Crippen molar-refractivity contribution in [2.75, 3.05) is 11.5 Å². The van der Waals surface area contributed by atoms with Gasteiger partial charge >= 0.3 is 6.09 Å². The number of amides is 1. The first-order valence-electron chi connectivity index (χ1n) is 5.39. The maximum Gasteiger partial charge on any atom is 0.407 e. The predicted octanol–water partition coefficient (Wildman–Crippen LogP) is 2.16. The van der Waals surface area contributed by atoms with Gasteiger partial charge in [0.05, 0.1) is 12.0 Å². The molecule has 0 saturated carbocycles. The van der Waals surface area contributed by atoms with Crippen LogP contribution in [0, 0.1) is 17.2 Å². The van der Waals surface area contributed by atoms with E-state index in [9.17, 15) is 4.79 Å². The molecule has 2 unspecified atom stereocenters. The molecule has 1 N–H and O–H groups in total. The molecule has 0 aromatic carbocycles. The van der Waals surface area contributed by atoms with Gasteiger partial charge in [0.15, 0.2) is 0 Å². The highest BCUT2D eigenvalue weighted by Gasteiger charge is 2.28. The third-order valence-corrected chi connectivity index (χ3v) is 3.34. The molecule has 2 atom stereocenters. The highest BCUT2D eigenvalue weighted by atomic mass is 32.2. The highest BCUT2D eigenvalue weighted by molar-refractivity contribution is 7.99. The zero-order valence-electron chi connectivity index (χ0n) is 9.95. The molecule has 0 spiro atoms. The fourth-order valence-electron chi connectivity index (χ4n) is 1.50. The molecule has 16 heavy (non-hydrogen) atoms. The van der Waals surface area contributed by atoms with Gasteiger partial charge < -0.3 is 10.1 Å². The van der Waals surface area contributed by atoms with E-state index in [2.05, 4.69) is 11.4 Å². The molecule has 0 aliphatic carbocycles. The van der Waals surface area contributed by atoms with Gasteiger partial charge in [-0.25, -0.2) is 4.79 Å². The van der Waals surface area contributed by atoms with Gasteiger partial charge in [0.1, 0.15) is 5.60 Å². The molecule has 1 fully saturated rings. The Balaban J connectivity index is 2.46. The summed E-state index contributed by atoms with van der Waals surface area (Å²) >= 11 is 1.76. The molecule has 0 bridgehead atoms. The topological polar surface area (TPSA) is 62.1 Å². The molecule has 1 saturated heterocycles. The van der Waals surface area contributed by atoms with Gasteiger partial charge in [-0.2, -0.15) is 17.0 Å². The molecule has 0 radical (unpaired) electrons. The summed E-state index contributed by atoms with van der Waals surface area (Å²) in [6.45, 7) is 5.47. The largest absolute Gasteiger partial charge is 0.444 e. The quantitative estimate of drug-likeness (QED) is 0.765. The Morgan fingerprint density at radius 3 is 2.81 bits per heavy atom. The number of carbonyl (C=O) groups excluding carboxylic acids is 1. The number of nitrogens with zero attached hydrogens (tertiary/aromatic N) is 1. The second kappa shape index (κ2) is 5.44. The first-order valence-corrected chi connectivity index (χ1v) is 6.55. The van der Waals surface area contributed by atoms with Gasteiger partial charge in [-0.3, -0.25) is 0 Å². The Bertz CT molecular complexity index is 293. The van der Waals surface area contributed by atoms with E-state index in [1.165, 1.54) is 0 Å². The van der Waals surface area contributed by atoms with Crippen LogP contribution in [0.4, 0.5) is 4.79 Å². The van der Waals surface area contributed by atoms with Crippen LogP contribution in [0.3, 0.4) is 0 Å². The van der Waals surface area contributed by atoms with Crippen LogP contribution in [0.5, 0.6) is 0 Å². The lowest BCUT2D eigenvalue weighted by molar-refractivity contribution is 0.0493. The molecule has 1 rings (SSSR count). The number of ether oxygens (including phenoxy) is 1. The van der Waals surface area contributed by atoms with Crippen molar-refractivity contribution in [3.63, 3.8) is 0 Å². The van der Waals surface area contributed by atoms with Crippen molar-refractivity contribution in [1.82, 2.24) is 5.32 Å². The van der Waals surface area contributed by atoms with E-state index < -0.39 is 11.7 Å². The molecule has 1 aliphatic heterocycles. The predicted molar refractivity (Wildman–Crippen MR) is 64.2 cm³/mol. The Morgan fingerprint density at radius 1 is 1.56 bits per heavy atom. The van der Waals surface area contributed by atoms with E-state index in [1.54, 1.807) is 11.8 Å². The summed E-state index contributed by atoms with van der Waals surface area (Å²) < 4.78 is 5.17. The Labute approximate surface area is 101 Å². The minimum Gasteiger partial charge on any atom is -0.444 e. The van der Waals surface area contributed by atoms with Crippen LogP contribution in [0.1, 0.15) is 27.2 Å². The number of carbonyl (C=O) groups is 1. The third kappa shape index (κ3) is 4.31. The number of rotatable bonds is 1. The fraction of sp³-hybridized carbons (Fsp3) is 0.818. The second-order valence-electron chi connectivity index (χ2n) is 4.85. The first kappa shape index (κ1) is 13.2. The number of hydrogen-bond donors (Lipinski definition) is 1. The zero-order valence-corrected chi connectivity index (χ0v) is 10.8. The average Bonchev–Trinajstić information content (AvgIpc) is 2.15. The maximum atomic E-state index is 11.5. The SMILES string of the molecule is CC(C)(C)OC(=O)NC1CCSCC1C#N. The first-order chi connectivity index (χ1) is 7.42. The summed E-state index contributed by atoms with van der Waals surface area (Å²) in [5.41, 5.74) is -0.490. The van der Waals surface area contributed by atoms with Crippen molar-refractivity contribution in [2.24, 2.45) is 5.92 Å². The van der Waals surface area contributed by atoms with Gasteiger partial charge in [-0.1, -0.05) is 0 Å². The smallest absolute Gasteiger partial charge is 0.407 e. The van der Waals surface area contributed by atoms with Crippen molar-refractivity contribution >= 4 is 17.9 Å². The van der Waals surface area contributed by atoms with Crippen molar-refractivity contribution in [3.8, 4) is 6.07 Å². The molecular weight excluding hydrogens is 224 g/mol. The van der Waals surface area contributed by atoms with Crippen molar-refractivity contribution in [1.29, 1.82) is 5.26 Å². The molecule has 5 heteroatoms. The normalized spacial score (nSPS) is 25.6. The highest BCUT2D eigenvalue weighted by Crippen LogP contribution is 2.23. The summed E-state index contributed by atoms with van der Waals surface area (Å²) in [6.07, 6.45) is 0.409. The Hall–Kier alpha value is -0.890. The number of nitrogens with one attached hydrogen (secondary N) is 1. The minimum atomic E-state index is -0.490. The molecule has 1 aliphatic rings. The number of thioether (sulfide) groups is 1. The van der Waals surface area contributed by atoms with E-state index in [1.807, 2.05) is 20.8 Å². The van der Waals surface area contributed by atoms with Crippen LogP contribution in [-0.4, -0.2) is 29.2 Å². The van der Waals surface area contributed by atoms with Crippen LogP contribution in [0.2, 0.25) is 0 Å². The number of nitriles is 1.